The molecule has 112 valence electrons. The second-order valence-corrected chi connectivity index (χ2v) is 4.80. The van der Waals surface area contributed by atoms with Gasteiger partial charge in [-0.25, -0.2) is 4.79 Å². The Bertz CT molecular complexity index is 653. The number of nitrogens with one attached hydrogen (secondary N) is 2. The van der Waals surface area contributed by atoms with Gasteiger partial charge in [0.15, 0.2) is 5.88 Å². The minimum atomic E-state index is -0.847. The molecule has 0 aromatic carbocycles. The molecule has 0 unspecified atom stereocenters. The first-order valence-corrected chi connectivity index (χ1v) is 6.65. The molecule has 2 aliphatic heterocycles. The van der Waals surface area contributed by atoms with Gasteiger partial charge in [-0.05, 0) is 17.6 Å². The zero-order valence-electron chi connectivity index (χ0n) is 11.5. The minimum absolute atomic E-state index is 0.220. The summed E-state index contributed by atoms with van der Waals surface area (Å²) < 4.78 is 10.9. The Hall–Kier alpha value is -2.55. The molecule has 2 saturated heterocycles. The summed E-state index contributed by atoms with van der Waals surface area (Å²) in [5, 5.41) is 3.97. The van der Waals surface area contributed by atoms with Crippen molar-refractivity contribution in [1.82, 2.24) is 10.6 Å². The number of barbiturate groups is 1. The summed E-state index contributed by atoms with van der Waals surface area (Å²) in [5.41, 5.74) is 0.184. The van der Waals surface area contributed by atoms with Crippen LogP contribution in [0.15, 0.2) is 16.1 Å². The van der Waals surface area contributed by atoms with Crippen molar-refractivity contribution in [2.24, 2.45) is 0 Å². The number of carbonyl (C=O) groups excluding carboxylic acids is 3. The Morgan fingerprint density at radius 3 is 2.41 bits per heavy atom. The number of hydrogen-bond donors (Lipinski definition) is 2. The number of anilines is 1. The fourth-order valence-electron chi connectivity index (χ4n) is 2.25. The van der Waals surface area contributed by atoms with Gasteiger partial charge in [-0.3, -0.25) is 20.2 Å². The van der Waals surface area contributed by atoms with Crippen LogP contribution in [0.4, 0.5) is 10.7 Å². The van der Waals surface area contributed by atoms with E-state index in [1.807, 2.05) is 15.5 Å². The number of furan rings is 1. The van der Waals surface area contributed by atoms with E-state index in [9.17, 15) is 14.4 Å². The first-order valence-electron chi connectivity index (χ1n) is 6.65. The second-order valence-electron chi connectivity index (χ2n) is 4.80. The number of imide groups is 2. The highest BCUT2D eigenvalue weighted by atomic mass is 16.5. The average molecular weight is 301 g/mol. The van der Waals surface area contributed by atoms with Crippen molar-refractivity contribution in [2.45, 2.75) is 0 Å². The van der Waals surface area contributed by atoms with Gasteiger partial charge in [0.2, 0.25) is 0 Å². The van der Waals surface area contributed by atoms with E-state index in [4.69, 9.17) is 17.0 Å². The number of amides is 4. The number of hydrogen-bond acceptors (Lipinski definition) is 6. The van der Waals surface area contributed by atoms with E-state index in [0.717, 1.165) is 0 Å². The number of ether oxygens (including phenoxy) is 1. The van der Waals surface area contributed by atoms with Crippen LogP contribution in [0.3, 0.4) is 0 Å². The Balaban J connectivity index is 1.86. The molecule has 0 atom stereocenters. The predicted octanol–water partition coefficient (Wildman–Crippen LogP) is -1.34. The standard InChI is InChI=1S/C13H12BN3O5/c14-9-6-7(22-12(9)17-1-3-21-4-2-17)5-8-10(18)15-13(20)16-11(8)19/h5-6H,1-4H2,(H2,15,16,18,19,20). The van der Waals surface area contributed by atoms with Gasteiger partial charge in [0.1, 0.15) is 19.2 Å². The fourth-order valence-corrected chi connectivity index (χ4v) is 2.25. The van der Waals surface area contributed by atoms with Gasteiger partial charge in [-0.2, -0.15) is 0 Å². The van der Waals surface area contributed by atoms with Gasteiger partial charge >= 0.3 is 6.03 Å². The van der Waals surface area contributed by atoms with Crippen molar-refractivity contribution < 1.29 is 23.5 Å². The molecule has 0 spiro atoms. The lowest BCUT2D eigenvalue weighted by molar-refractivity contribution is -0.123. The molecule has 1 aromatic heterocycles. The molecule has 3 heterocycles. The van der Waals surface area contributed by atoms with E-state index < -0.39 is 17.8 Å². The van der Waals surface area contributed by atoms with Crippen molar-refractivity contribution in [3.05, 3.63) is 17.4 Å². The van der Waals surface area contributed by atoms with Crippen molar-refractivity contribution >= 4 is 43.1 Å². The highest BCUT2D eigenvalue weighted by Gasteiger charge is 2.28. The number of nitrogens with zero attached hydrogens (tertiary/aromatic N) is 1. The number of urea groups is 1. The largest absolute Gasteiger partial charge is 0.442 e. The first-order chi connectivity index (χ1) is 10.5. The first kappa shape index (κ1) is 14.4. The normalized spacial score (nSPS) is 19.0. The maximum atomic E-state index is 11.7. The van der Waals surface area contributed by atoms with Crippen LogP contribution >= 0.6 is 0 Å². The molecule has 4 amide bonds. The van der Waals surface area contributed by atoms with Gasteiger partial charge in [0, 0.05) is 13.1 Å². The van der Waals surface area contributed by atoms with Gasteiger partial charge in [0.05, 0.1) is 13.2 Å². The van der Waals surface area contributed by atoms with Crippen LogP contribution in [0, 0.1) is 0 Å². The molecule has 22 heavy (non-hydrogen) atoms. The van der Waals surface area contributed by atoms with E-state index in [2.05, 4.69) is 0 Å². The quantitative estimate of drug-likeness (QED) is 0.398. The third kappa shape index (κ3) is 2.75. The smallest absolute Gasteiger partial charge is 0.328 e. The monoisotopic (exact) mass is 301 g/mol. The molecular weight excluding hydrogens is 289 g/mol. The van der Waals surface area contributed by atoms with Crippen molar-refractivity contribution in [1.29, 1.82) is 0 Å². The lowest BCUT2D eigenvalue weighted by atomic mass is 9.98. The van der Waals surface area contributed by atoms with Crippen molar-refractivity contribution in [3.63, 3.8) is 0 Å². The lowest BCUT2D eigenvalue weighted by Crippen LogP contribution is -2.51. The Kier molecular flexibility index (Phi) is 3.72. The van der Waals surface area contributed by atoms with Crippen LogP contribution in [0.2, 0.25) is 0 Å². The summed E-state index contributed by atoms with van der Waals surface area (Å²) in [5.74, 6) is -0.829. The Labute approximate surface area is 126 Å². The summed E-state index contributed by atoms with van der Waals surface area (Å²) in [6.45, 7) is 2.43. The van der Waals surface area contributed by atoms with Crippen LogP contribution in [0.1, 0.15) is 5.76 Å². The maximum Gasteiger partial charge on any atom is 0.328 e. The molecule has 8 nitrogen and oxygen atoms in total. The zero-order valence-corrected chi connectivity index (χ0v) is 11.5. The van der Waals surface area contributed by atoms with E-state index in [1.165, 1.54) is 12.1 Å². The van der Waals surface area contributed by atoms with Gasteiger partial charge in [-0.1, -0.05) is 0 Å². The van der Waals surface area contributed by atoms with Crippen LogP contribution < -0.4 is 21.0 Å². The third-order valence-electron chi connectivity index (χ3n) is 3.29. The molecule has 2 aliphatic rings. The molecule has 2 radical (unpaired) electrons. The summed E-state index contributed by atoms with van der Waals surface area (Å²) in [4.78, 5) is 36.2. The zero-order chi connectivity index (χ0) is 15.7. The predicted molar refractivity (Wildman–Crippen MR) is 76.8 cm³/mol. The summed E-state index contributed by atoms with van der Waals surface area (Å²) >= 11 is 0. The van der Waals surface area contributed by atoms with Crippen molar-refractivity contribution in [2.75, 3.05) is 31.2 Å². The molecule has 2 fully saturated rings. The summed E-state index contributed by atoms with van der Waals surface area (Å²) in [6.07, 6.45) is 1.25. The summed E-state index contributed by atoms with van der Waals surface area (Å²) in [7, 11) is 5.91. The lowest BCUT2D eigenvalue weighted by Gasteiger charge is -2.27. The fraction of sp³-hybridized carbons (Fsp3) is 0.308. The van der Waals surface area contributed by atoms with Gasteiger partial charge in [-0.15, -0.1) is 0 Å². The molecule has 2 N–H and O–H groups in total. The van der Waals surface area contributed by atoms with Crippen LogP contribution in [-0.2, 0) is 14.3 Å². The van der Waals surface area contributed by atoms with Gasteiger partial charge < -0.3 is 14.1 Å². The molecule has 0 saturated carbocycles. The molecular formula is C13H12BN3O5. The molecule has 0 aliphatic carbocycles. The van der Waals surface area contributed by atoms with Crippen LogP contribution in [0.5, 0.6) is 0 Å². The highest BCUT2D eigenvalue weighted by Crippen LogP contribution is 2.19. The van der Waals surface area contributed by atoms with Crippen LogP contribution in [0.25, 0.3) is 6.08 Å². The third-order valence-corrected chi connectivity index (χ3v) is 3.29. The highest BCUT2D eigenvalue weighted by molar-refractivity contribution is 6.36. The molecule has 3 rings (SSSR count). The average Bonchev–Trinajstić information content (AvgIpc) is 2.84. The van der Waals surface area contributed by atoms with Crippen molar-refractivity contribution in [3.8, 4) is 0 Å². The van der Waals surface area contributed by atoms with Crippen LogP contribution in [-0.4, -0.2) is 52.0 Å². The second kappa shape index (κ2) is 5.68. The topological polar surface area (TPSA) is 101 Å². The molecule has 1 aromatic rings. The van der Waals surface area contributed by atoms with E-state index in [0.29, 0.717) is 37.7 Å². The van der Waals surface area contributed by atoms with E-state index >= 15 is 0 Å². The molecule has 0 bridgehead atoms. The van der Waals surface area contributed by atoms with E-state index in [1.54, 1.807) is 0 Å². The Morgan fingerprint density at radius 2 is 1.77 bits per heavy atom. The SMILES string of the molecule is [B]c1cc(C=C2C(=O)NC(=O)NC2=O)oc1N1CCOCC1. The van der Waals surface area contributed by atoms with Gasteiger partial charge in [0.25, 0.3) is 11.8 Å². The minimum Gasteiger partial charge on any atom is -0.442 e. The molecule has 9 heteroatoms. The number of rotatable bonds is 2. The van der Waals surface area contributed by atoms with E-state index in [-0.39, 0.29) is 11.3 Å². The Morgan fingerprint density at radius 1 is 1.14 bits per heavy atom. The number of morpholine rings is 1. The maximum absolute atomic E-state index is 11.7. The number of carbonyl (C=O) groups is 3. The summed E-state index contributed by atoms with van der Waals surface area (Å²) in [6, 6.07) is 0.675.